The molecular weight excluding hydrogens is 605 g/mol. The van der Waals surface area contributed by atoms with Crippen LogP contribution in [0, 0.1) is 0 Å². The van der Waals surface area contributed by atoms with Gasteiger partial charge in [-0.25, -0.2) is 9.97 Å². The second-order valence-corrected chi connectivity index (χ2v) is 13.3. The van der Waals surface area contributed by atoms with Crippen molar-refractivity contribution >= 4 is 64.4 Å². The van der Waals surface area contributed by atoms with Crippen LogP contribution in [0.1, 0.15) is 0 Å². The van der Waals surface area contributed by atoms with Gasteiger partial charge in [0.25, 0.3) is 0 Å². The Morgan fingerprint density at radius 2 is 1.15 bits per heavy atom. The predicted molar refractivity (Wildman–Crippen MR) is 201 cm³/mol. The minimum atomic E-state index is 0.908. The Morgan fingerprint density at radius 1 is 0.458 bits per heavy atom. The van der Waals surface area contributed by atoms with E-state index in [0.717, 1.165) is 71.1 Å². The Kier molecular flexibility index (Phi) is 6.05. The molecule has 0 aliphatic carbocycles. The van der Waals surface area contributed by atoms with E-state index in [1.807, 2.05) is 12.1 Å². The van der Waals surface area contributed by atoms with Crippen molar-refractivity contribution in [1.29, 1.82) is 0 Å². The fourth-order valence-corrected chi connectivity index (χ4v) is 8.17. The Hall–Kier alpha value is -6.10. The molecular formula is C44H26N2OS. The molecule has 0 unspecified atom stereocenters. The van der Waals surface area contributed by atoms with E-state index in [1.165, 1.54) is 26.6 Å². The molecule has 0 amide bonds. The van der Waals surface area contributed by atoms with Crippen molar-refractivity contribution in [2.75, 3.05) is 0 Å². The van der Waals surface area contributed by atoms with Gasteiger partial charge in [-0.15, -0.1) is 11.3 Å². The molecule has 0 saturated carbocycles. The molecule has 4 heteroatoms. The standard InChI is InChI=1S/C44H26N2OS/c1-2-9-28-22-31(19-18-27(28)8-1)32-20-21-40-38(25-32)42-44(48-40)41(45-26-46-42)34-13-6-11-30(24-34)29-10-5-12-33(23-29)35-15-7-16-37-36-14-3-4-17-39(36)47-43(35)37/h1-26H. The quantitative estimate of drug-likeness (QED) is 0.194. The molecule has 0 aliphatic rings. The Morgan fingerprint density at radius 3 is 2.06 bits per heavy atom. The van der Waals surface area contributed by atoms with Crippen LogP contribution in [0.15, 0.2) is 162 Å². The molecule has 10 rings (SSSR count). The zero-order valence-corrected chi connectivity index (χ0v) is 26.5. The van der Waals surface area contributed by atoms with E-state index in [-0.39, 0.29) is 0 Å². The Labute approximate surface area is 280 Å². The lowest BCUT2D eigenvalue weighted by Crippen LogP contribution is -1.88. The number of aromatic nitrogens is 2. The lowest BCUT2D eigenvalue weighted by atomic mass is 9.96. The van der Waals surface area contributed by atoms with Gasteiger partial charge in [0, 0.05) is 32.0 Å². The number of furan rings is 1. The number of benzene rings is 7. The second kappa shape index (κ2) is 10.7. The van der Waals surface area contributed by atoms with Gasteiger partial charge in [-0.05, 0) is 75.0 Å². The molecule has 48 heavy (non-hydrogen) atoms. The highest BCUT2D eigenvalue weighted by molar-refractivity contribution is 7.26. The van der Waals surface area contributed by atoms with Gasteiger partial charge in [-0.1, -0.05) is 115 Å². The molecule has 0 saturated heterocycles. The van der Waals surface area contributed by atoms with Gasteiger partial charge in [0.2, 0.25) is 0 Å². The summed E-state index contributed by atoms with van der Waals surface area (Å²) in [6.07, 6.45) is 1.70. The highest BCUT2D eigenvalue weighted by Crippen LogP contribution is 2.41. The predicted octanol–water partition coefficient (Wildman–Crippen LogP) is 12.6. The van der Waals surface area contributed by atoms with E-state index in [9.17, 15) is 0 Å². The highest BCUT2D eigenvalue weighted by atomic mass is 32.1. The number of thiophene rings is 1. The fourth-order valence-electron chi connectivity index (χ4n) is 7.02. The molecule has 0 spiro atoms. The van der Waals surface area contributed by atoms with Crippen LogP contribution in [0.5, 0.6) is 0 Å². The van der Waals surface area contributed by atoms with Gasteiger partial charge in [0.1, 0.15) is 17.5 Å². The van der Waals surface area contributed by atoms with E-state index in [2.05, 4.69) is 140 Å². The van der Waals surface area contributed by atoms with Gasteiger partial charge in [-0.3, -0.25) is 0 Å². The van der Waals surface area contributed by atoms with Crippen molar-refractivity contribution in [3.05, 3.63) is 158 Å². The zero-order valence-electron chi connectivity index (χ0n) is 25.7. The van der Waals surface area contributed by atoms with Crippen LogP contribution in [-0.4, -0.2) is 9.97 Å². The van der Waals surface area contributed by atoms with Gasteiger partial charge in [0.15, 0.2) is 0 Å². The van der Waals surface area contributed by atoms with Crippen LogP contribution in [0.3, 0.4) is 0 Å². The Bertz CT molecular complexity index is 2860. The summed E-state index contributed by atoms with van der Waals surface area (Å²) >= 11 is 1.76. The fraction of sp³-hybridized carbons (Fsp3) is 0. The topological polar surface area (TPSA) is 38.9 Å². The number of hydrogen-bond acceptors (Lipinski definition) is 4. The van der Waals surface area contributed by atoms with E-state index in [0.29, 0.717) is 0 Å². The minimum Gasteiger partial charge on any atom is -0.455 e. The second-order valence-electron chi connectivity index (χ2n) is 12.2. The first kappa shape index (κ1) is 27.1. The average Bonchev–Trinajstić information content (AvgIpc) is 3.73. The summed E-state index contributed by atoms with van der Waals surface area (Å²) in [6.45, 7) is 0. The number of nitrogens with zero attached hydrogens (tertiary/aromatic N) is 2. The van der Waals surface area contributed by atoms with Crippen LogP contribution in [0.2, 0.25) is 0 Å². The van der Waals surface area contributed by atoms with Crippen LogP contribution in [0.25, 0.3) is 97.7 Å². The first-order valence-corrected chi connectivity index (χ1v) is 16.9. The normalized spacial score (nSPS) is 11.8. The molecule has 0 fully saturated rings. The van der Waals surface area contributed by atoms with Crippen molar-refractivity contribution in [2.45, 2.75) is 0 Å². The van der Waals surface area contributed by atoms with Crippen molar-refractivity contribution in [3.8, 4) is 44.6 Å². The molecule has 7 aromatic carbocycles. The summed E-state index contributed by atoms with van der Waals surface area (Å²) in [5, 5.41) is 5.93. The molecule has 0 radical (unpaired) electrons. The maximum Gasteiger partial charge on any atom is 0.143 e. The van der Waals surface area contributed by atoms with Crippen LogP contribution in [0.4, 0.5) is 0 Å². The van der Waals surface area contributed by atoms with Crippen molar-refractivity contribution < 1.29 is 4.42 Å². The molecule has 0 bridgehead atoms. The molecule has 3 aromatic heterocycles. The lowest BCUT2D eigenvalue weighted by molar-refractivity contribution is 0.670. The maximum absolute atomic E-state index is 6.36. The first-order valence-electron chi connectivity index (χ1n) is 16.0. The molecule has 3 nitrogen and oxygen atoms in total. The van der Waals surface area contributed by atoms with E-state index in [1.54, 1.807) is 17.7 Å². The van der Waals surface area contributed by atoms with Crippen LogP contribution in [-0.2, 0) is 0 Å². The third kappa shape index (κ3) is 4.34. The number of fused-ring (bicyclic) bond motifs is 7. The minimum absolute atomic E-state index is 0.908. The average molecular weight is 631 g/mol. The summed E-state index contributed by atoms with van der Waals surface area (Å²) in [6, 6.07) is 53.9. The van der Waals surface area contributed by atoms with Gasteiger partial charge >= 0.3 is 0 Å². The SMILES string of the molecule is c1cc(-c2cccc(-c3ncnc4c3sc3ccc(-c5ccc6ccccc6c5)cc34)c2)cc(-c2cccc3c2oc2ccccc23)c1. The van der Waals surface area contributed by atoms with Gasteiger partial charge in [-0.2, -0.15) is 0 Å². The summed E-state index contributed by atoms with van der Waals surface area (Å²) in [5.41, 5.74) is 11.7. The summed E-state index contributed by atoms with van der Waals surface area (Å²) in [7, 11) is 0. The van der Waals surface area contributed by atoms with E-state index in [4.69, 9.17) is 14.4 Å². The van der Waals surface area contributed by atoms with E-state index >= 15 is 0 Å². The van der Waals surface area contributed by atoms with Gasteiger partial charge in [0.05, 0.1) is 15.9 Å². The van der Waals surface area contributed by atoms with Crippen molar-refractivity contribution in [3.63, 3.8) is 0 Å². The first-order chi connectivity index (χ1) is 23.8. The molecule has 0 atom stereocenters. The Balaban J connectivity index is 1.05. The molecule has 10 aromatic rings. The van der Waals surface area contributed by atoms with Crippen LogP contribution < -0.4 is 0 Å². The zero-order chi connectivity index (χ0) is 31.6. The number of rotatable bonds is 4. The highest BCUT2D eigenvalue weighted by Gasteiger charge is 2.16. The summed E-state index contributed by atoms with van der Waals surface area (Å²) in [5.74, 6) is 0. The largest absolute Gasteiger partial charge is 0.455 e. The van der Waals surface area contributed by atoms with Gasteiger partial charge < -0.3 is 4.42 Å². The third-order valence-electron chi connectivity index (χ3n) is 9.38. The van der Waals surface area contributed by atoms with E-state index < -0.39 is 0 Å². The molecule has 0 aliphatic heterocycles. The smallest absolute Gasteiger partial charge is 0.143 e. The number of hydrogen-bond donors (Lipinski definition) is 0. The molecule has 3 heterocycles. The molecule has 224 valence electrons. The third-order valence-corrected chi connectivity index (χ3v) is 10.5. The summed E-state index contributed by atoms with van der Waals surface area (Å²) < 4.78 is 8.67. The maximum atomic E-state index is 6.36. The monoisotopic (exact) mass is 630 g/mol. The summed E-state index contributed by atoms with van der Waals surface area (Å²) in [4.78, 5) is 9.63. The van der Waals surface area contributed by atoms with Crippen molar-refractivity contribution in [1.82, 2.24) is 9.97 Å². The van der Waals surface area contributed by atoms with Crippen LogP contribution >= 0.6 is 11.3 Å². The molecule has 0 N–H and O–H groups in total. The lowest BCUT2D eigenvalue weighted by Gasteiger charge is -2.09. The number of para-hydroxylation sites is 2. The van der Waals surface area contributed by atoms with Crippen molar-refractivity contribution in [2.24, 2.45) is 0 Å².